The van der Waals surface area contributed by atoms with Crippen LogP contribution in [0.15, 0.2) is 43.0 Å². The van der Waals surface area contributed by atoms with Crippen LogP contribution in [0.3, 0.4) is 0 Å². The van der Waals surface area contributed by atoms with Gasteiger partial charge in [0.25, 0.3) is 0 Å². The van der Waals surface area contributed by atoms with Gasteiger partial charge in [-0.15, -0.1) is 0 Å². The number of nitrogens with zero attached hydrogens (tertiary/aromatic N) is 5. The highest BCUT2D eigenvalue weighted by Gasteiger charge is 2.22. The Labute approximate surface area is 161 Å². The van der Waals surface area contributed by atoms with Crippen LogP contribution in [0.1, 0.15) is 35.4 Å². The molecule has 1 saturated heterocycles. The Balaban J connectivity index is 1.53. The van der Waals surface area contributed by atoms with E-state index < -0.39 is 0 Å². The minimum absolute atomic E-state index is 0.686. The molecule has 27 heavy (non-hydrogen) atoms. The van der Waals surface area contributed by atoms with Gasteiger partial charge in [-0.3, -0.25) is 4.90 Å². The molecule has 1 aliphatic heterocycles. The fraction of sp³-hybridized carbons (Fsp3) is 0.455. The van der Waals surface area contributed by atoms with Crippen LogP contribution in [0.2, 0.25) is 0 Å². The van der Waals surface area contributed by atoms with Gasteiger partial charge in [0.2, 0.25) is 0 Å². The van der Waals surface area contributed by atoms with Crippen LogP contribution in [0.5, 0.6) is 0 Å². The van der Waals surface area contributed by atoms with Crippen LogP contribution in [0.4, 0.5) is 0 Å². The van der Waals surface area contributed by atoms with E-state index in [9.17, 15) is 0 Å². The first-order valence-electron chi connectivity index (χ1n) is 9.90. The molecule has 1 fully saturated rings. The number of hydrogen-bond acceptors (Lipinski definition) is 3. The van der Waals surface area contributed by atoms with Gasteiger partial charge in [0.05, 0.1) is 5.69 Å². The SMILES string of the molecule is Cc1cc(C)c(CN2CCC[C@@H](Cn3ccnc3C)C2)c(-n2cccn2)c1. The van der Waals surface area contributed by atoms with Crippen molar-refractivity contribution in [1.82, 2.24) is 24.2 Å². The first-order valence-corrected chi connectivity index (χ1v) is 9.90. The maximum Gasteiger partial charge on any atom is 0.105 e. The Morgan fingerprint density at radius 3 is 2.74 bits per heavy atom. The van der Waals surface area contributed by atoms with E-state index in [0.29, 0.717) is 5.92 Å². The van der Waals surface area contributed by atoms with Crippen molar-refractivity contribution in [2.75, 3.05) is 13.1 Å². The third-order valence-corrected chi connectivity index (χ3v) is 5.71. The number of likely N-dealkylation sites (tertiary alicyclic amines) is 1. The second-order valence-corrected chi connectivity index (χ2v) is 7.90. The fourth-order valence-corrected chi connectivity index (χ4v) is 4.34. The molecule has 3 heterocycles. The average molecular weight is 364 g/mol. The van der Waals surface area contributed by atoms with Crippen molar-refractivity contribution in [2.24, 2.45) is 5.92 Å². The summed E-state index contributed by atoms with van der Waals surface area (Å²) < 4.78 is 4.30. The summed E-state index contributed by atoms with van der Waals surface area (Å²) in [4.78, 5) is 6.98. The molecule has 1 aliphatic rings. The van der Waals surface area contributed by atoms with Gasteiger partial charge in [-0.1, -0.05) is 6.07 Å². The van der Waals surface area contributed by atoms with Crippen LogP contribution in [-0.2, 0) is 13.1 Å². The molecule has 0 amide bonds. The number of aryl methyl sites for hydroxylation is 3. The Hall–Kier alpha value is -2.40. The quantitative estimate of drug-likeness (QED) is 0.690. The molecule has 2 aromatic heterocycles. The minimum Gasteiger partial charge on any atom is -0.335 e. The molecule has 4 rings (SSSR count). The molecule has 0 N–H and O–H groups in total. The average Bonchev–Trinajstić information content (AvgIpc) is 3.30. The lowest BCUT2D eigenvalue weighted by Crippen LogP contribution is -2.37. The van der Waals surface area contributed by atoms with Crippen LogP contribution in [-0.4, -0.2) is 37.3 Å². The normalized spacial score (nSPS) is 18.1. The van der Waals surface area contributed by atoms with Crippen LogP contribution in [0, 0.1) is 26.7 Å². The third-order valence-electron chi connectivity index (χ3n) is 5.71. The highest BCUT2D eigenvalue weighted by atomic mass is 15.3. The van der Waals surface area contributed by atoms with Crippen molar-refractivity contribution in [3.8, 4) is 5.69 Å². The lowest BCUT2D eigenvalue weighted by Gasteiger charge is -2.34. The molecule has 142 valence electrons. The minimum atomic E-state index is 0.686. The van der Waals surface area contributed by atoms with Gasteiger partial charge >= 0.3 is 0 Å². The summed E-state index contributed by atoms with van der Waals surface area (Å²) in [6.07, 6.45) is 10.5. The number of imidazole rings is 1. The molecule has 0 radical (unpaired) electrons. The molecule has 0 aliphatic carbocycles. The van der Waals surface area contributed by atoms with Crippen molar-refractivity contribution < 1.29 is 0 Å². The van der Waals surface area contributed by atoms with E-state index in [-0.39, 0.29) is 0 Å². The zero-order valence-corrected chi connectivity index (χ0v) is 16.6. The molecule has 1 aromatic carbocycles. The lowest BCUT2D eigenvalue weighted by atomic mass is 9.96. The number of aromatic nitrogens is 4. The summed E-state index contributed by atoms with van der Waals surface area (Å²) in [7, 11) is 0. The standard InChI is InChI=1S/C22H29N5/c1-17-12-18(2)21(22(13-17)27-10-5-7-24-27)16-25-9-4-6-20(14-25)15-26-11-8-23-19(26)3/h5,7-8,10-13,20H,4,6,9,14-16H2,1-3H3/t20-/m1/s1. The molecule has 0 spiro atoms. The van der Waals surface area contributed by atoms with Crippen molar-refractivity contribution in [1.29, 1.82) is 0 Å². The molecule has 0 unspecified atom stereocenters. The van der Waals surface area contributed by atoms with Gasteiger partial charge in [0.1, 0.15) is 5.82 Å². The van der Waals surface area contributed by atoms with E-state index in [1.165, 1.54) is 41.8 Å². The first kappa shape index (κ1) is 18.0. The molecule has 1 atom stereocenters. The molecule has 0 saturated carbocycles. The largest absolute Gasteiger partial charge is 0.335 e. The maximum absolute atomic E-state index is 4.48. The van der Waals surface area contributed by atoms with Gasteiger partial charge in [0.15, 0.2) is 0 Å². The first-order chi connectivity index (χ1) is 13.1. The van der Waals surface area contributed by atoms with E-state index >= 15 is 0 Å². The Morgan fingerprint density at radius 2 is 2.00 bits per heavy atom. The summed E-state index contributed by atoms with van der Waals surface area (Å²) in [5, 5.41) is 4.48. The molecular weight excluding hydrogens is 334 g/mol. The summed E-state index contributed by atoms with van der Waals surface area (Å²) >= 11 is 0. The summed E-state index contributed by atoms with van der Waals surface area (Å²) in [6, 6.07) is 6.54. The molecule has 3 aromatic rings. The Morgan fingerprint density at radius 1 is 1.11 bits per heavy atom. The van der Waals surface area contributed by atoms with Gasteiger partial charge in [0, 0.05) is 44.4 Å². The summed E-state index contributed by atoms with van der Waals surface area (Å²) in [6.45, 7) is 10.9. The Kier molecular flexibility index (Phi) is 5.12. The predicted octanol–water partition coefficient (Wildman–Crippen LogP) is 3.91. The van der Waals surface area contributed by atoms with Crippen LogP contribution >= 0.6 is 0 Å². The molecule has 5 nitrogen and oxygen atoms in total. The van der Waals surface area contributed by atoms with Crippen molar-refractivity contribution in [2.45, 2.75) is 46.7 Å². The van der Waals surface area contributed by atoms with Crippen molar-refractivity contribution >= 4 is 0 Å². The van der Waals surface area contributed by atoms with Crippen molar-refractivity contribution in [3.63, 3.8) is 0 Å². The highest BCUT2D eigenvalue weighted by molar-refractivity contribution is 5.48. The Bertz CT molecular complexity index is 894. The van der Waals surface area contributed by atoms with Crippen LogP contribution in [0.25, 0.3) is 5.69 Å². The predicted molar refractivity (Wildman–Crippen MR) is 108 cm³/mol. The van der Waals surface area contributed by atoms with Crippen molar-refractivity contribution in [3.05, 3.63) is 65.5 Å². The van der Waals surface area contributed by atoms with Gasteiger partial charge < -0.3 is 4.57 Å². The second-order valence-electron chi connectivity index (χ2n) is 7.90. The zero-order valence-electron chi connectivity index (χ0n) is 16.6. The van der Waals surface area contributed by atoms with E-state index in [2.05, 4.69) is 58.7 Å². The monoisotopic (exact) mass is 363 g/mol. The van der Waals surface area contributed by atoms with Gasteiger partial charge in [-0.05, 0) is 74.9 Å². The van der Waals surface area contributed by atoms with E-state index in [1.54, 1.807) is 0 Å². The number of piperidine rings is 1. The topological polar surface area (TPSA) is 38.9 Å². The summed E-state index contributed by atoms with van der Waals surface area (Å²) in [5.41, 5.74) is 5.25. The van der Waals surface area contributed by atoms with Gasteiger partial charge in [-0.25, -0.2) is 9.67 Å². The second kappa shape index (κ2) is 7.69. The molecule has 5 heteroatoms. The third kappa shape index (κ3) is 3.98. The fourth-order valence-electron chi connectivity index (χ4n) is 4.34. The number of benzene rings is 1. The zero-order chi connectivity index (χ0) is 18.8. The van der Waals surface area contributed by atoms with E-state index in [4.69, 9.17) is 0 Å². The number of hydrogen-bond donors (Lipinski definition) is 0. The lowest BCUT2D eigenvalue weighted by molar-refractivity contribution is 0.155. The molecule has 0 bridgehead atoms. The van der Waals surface area contributed by atoms with E-state index in [1.807, 2.05) is 29.3 Å². The van der Waals surface area contributed by atoms with Gasteiger partial charge in [-0.2, -0.15) is 5.10 Å². The highest BCUT2D eigenvalue weighted by Crippen LogP contribution is 2.26. The molecular formula is C22H29N5. The smallest absolute Gasteiger partial charge is 0.105 e. The van der Waals surface area contributed by atoms with Crippen LogP contribution < -0.4 is 0 Å². The maximum atomic E-state index is 4.48. The summed E-state index contributed by atoms with van der Waals surface area (Å²) in [5.74, 6) is 1.80. The number of rotatable bonds is 5. The van der Waals surface area contributed by atoms with E-state index in [0.717, 1.165) is 25.5 Å².